The van der Waals surface area contributed by atoms with Gasteiger partial charge < -0.3 is 14.6 Å². The molecule has 2 aliphatic heterocycles. The third kappa shape index (κ3) is 2.51. The molecule has 2 atom stereocenters. The van der Waals surface area contributed by atoms with Gasteiger partial charge in [0.2, 0.25) is 0 Å². The van der Waals surface area contributed by atoms with Gasteiger partial charge in [-0.1, -0.05) is 0 Å². The zero-order valence-corrected chi connectivity index (χ0v) is 11.8. The summed E-state index contributed by atoms with van der Waals surface area (Å²) in [6, 6.07) is 4.74. The Bertz CT molecular complexity index is 462. The van der Waals surface area contributed by atoms with E-state index in [4.69, 9.17) is 16.0 Å². The van der Waals surface area contributed by atoms with E-state index in [9.17, 15) is 4.79 Å². The molecule has 2 aliphatic rings. The maximum atomic E-state index is 12.5. The number of nitrogens with zero attached hydrogens (tertiary/aromatic N) is 1. The van der Waals surface area contributed by atoms with E-state index in [0.29, 0.717) is 30.4 Å². The van der Waals surface area contributed by atoms with Crippen molar-refractivity contribution in [1.82, 2.24) is 10.2 Å². The van der Waals surface area contributed by atoms with Crippen molar-refractivity contribution < 1.29 is 9.21 Å². The van der Waals surface area contributed by atoms with Crippen molar-refractivity contribution in [3.05, 3.63) is 23.1 Å². The molecule has 3 heterocycles. The molecule has 0 aliphatic carbocycles. The Morgan fingerprint density at radius 3 is 2.63 bits per heavy atom. The highest BCUT2D eigenvalue weighted by atomic mass is 35.5. The minimum absolute atomic E-state index is 0.0410. The van der Waals surface area contributed by atoms with Crippen LogP contribution in [0.3, 0.4) is 0 Å². The van der Waals surface area contributed by atoms with Crippen LogP contribution in [-0.4, -0.2) is 35.5 Å². The summed E-state index contributed by atoms with van der Waals surface area (Å²) in [5.74, 6) is 0.304. The van der Waals surface area contributed by atoms with Crippen molar-refractivity contribution in [3.63, 3.8) is 0 Å². The first-order valence-corrected chi connectivity index (χ1v) is 7.37. The van der Waals surface area contributed by atoms with E-state index in [2.05, 4.69) is 5.32 Å². The van der Waals surface area contributed by atoms with Crippen molar-refractivity contribution in [2.45, 2.75) is 50.7 Å². The number of carbonyl (C=O) groups is 1. The number of halogens is 1. The van der Waals surface area contributed by atoms with Gasteiger partial charge in [0.05, 0.1) is 0 Å². The largest absolute Gasteiger partial charge is 0.440 e. The Balaban J connectivity index is 1.75. The van der Waals surface area contributed by atoms with Gasteiger partial charge in [0, 0.05) is 24.7 Å². The van der Waals surface area contributed by atoms with Gasteiger partial charge in [-0.15, -0.1) is 0 Å². The van der Waals surface area contributed by atoms with Gasteiger partial charge in [-0.3, -0.25) is 4.79 Å². The topological polar surface area (TPSA) is 45.5 Å². The highest BCUT2D eigenvalue weighted by Gasteiger charge is 2.37. The number of rotatable bonds is 3. The monoisotopic (exact) mass is 282 g/mol. The van der Waals surface area contributed by atoms with E-state index >= 15 is 0 Å². The first-order chi connectivity index (χ1) is 9.17. The van der Waals surface area contributed by atoms with Gasteiger partial charge in [0.15, 0.2) is 11.0 Å². The summed E-state index contributed by atoms with van der Waals surface area (Å²) in [5, 5.41) is 3.87. The van der Waals surface area contributed by atoms with Crippen LogP contribution < -0.4 is 5.32 Å². The minimum Gasteiger partial charge on any atom is -0.440 e. The number of hydrogen-bond donors (Lipinski definition) is 1. The Hall–Kier alpha value is -1.00. The van der Waals surface area contributed by atoms with E-state index in [-0.39, 0.29) is 11.1 Å². The molecule has 1 aromatic rings. The zero-order valence-electron chi connectivity index (χ0n) is 11.1. The average molecular weight is 283 g/mol. The van der Waals surface area contributed by atoms with Crippen LogP contribution in [0.1, 0.15) is 43.2 Å². The van der Waals surface area contributed by atoms with Crippen LogP contribution in [0.5, 0.6) is 0 Å². The van der Waals surface area contributed by atoms with Crippen molar-refractivity contribution in [1.29, 1.82) is 0 Å². The van der Waals surface area contributed by atoms with Crippen molar-refractivity contribution in [2.75, 3.05) is 6.54 Å². The average Bonchev–Trinajstić information content (AvgIpc) is 2.97. The molecule has 4 nitrogen and oxygen atoms in total. The van der Waals surface area contributed by atoms with Crippen LogP contribution in [-0.2, 0) is 0 Å². The van der Waals surface area contributed by atoms with Crippen LogP contribution in [0.4, 0.5) is 0 Å². The second-order valence-corrected chi connectivity index (χ2v) is 5.83. The number of carbonyl (C=O) groups excluding carboxylic acids is 1. The van der Waals surface area contributed by atoms with E-state index in [1.165, 1.54) is 12.8 Å². The number of amides is 1. The van der Waals surface area contributed by atoms with E-state index in [0.717, 1.165) is 12.8 Å². The molecule has 2 saturated heterocycles. The molecular weight excluding hydrogens is 264 g/mol. The van der Waals surface area contributed by atoms with Crippen LogP contribution in [0.15, 0.2) is 16.5 Å². The number of piperidine rings is 1. The molecule has 19 heavy (non-hydrogen) atoms. The maximum Gasteiger partial charge on any atom is 0.289 e. The third-order valence-electron chi connectivity index (χ3n) is 4.27. The molecular formula is C14H19ClN2O2. The molecule has 2 fully saturated rings. The Kier molecular flexibility index (Phi) is 3.54. The van der Waals surface area contributed by atoms with Crippen molar-refractivity contribution in [2.24, 2.45) is 0 Å². The quantitative estimate of drug-likeness (QED) is 0.927. The fourth-order valence-corrected chi connectivity index (χ4v) is 3.57. The van der Waals surface area contributed by atoms with Gasteiger partial charge in [-0.05, 0) is 56.3 Å². The van der Waals surface area contributed by atoms with Crippen LogP contribution in [0.25, 0.3) is 0 Å². The number of nitrogens with one attached hydrogen (secondary N) is 1. The minimum atomic E-state index is -0.0410. The molecule has 0 radical (unpaired) electrons. The zero-order chi connectivity index (χ0) is 13.4. The molecule has 0 spiro atoms. The van der Waals surface area contributed by atoms with Crippen molar-refractivity contribution in [3.8, 4) is 0 Å². The first-order valence-electron chi connectivity index (χ1n) is 6.99. The van der Waals surface area contributed by atoms with Gasteiger partial charge in [-0.2, -0.15) is 0 Å². The predicted octanol–water partition coefficient (Wildman–Crippen LogP) is 2.68. The fourth-order valence-electron chi connectivity index (χ4n) is 3.42. The molecule has 3 rings (SSSR count). The summed E-state index contributed by atoms with van der Waals surface area (Å²) >= 11 is 5.75. The lowest BCUT2D eigenvalue weighted by Gasteiger charge is -2.36. The predicted molar refractivity (Wildman–Crippen MR) is 73.4 cm³/mol. The molecule has 1 aromatic heterocycles. The van der Waals surface area contributed by atoms with E-state index < -0.39 is 0 Å². The SMILES string of the molecule is CCN(C(=O)c1ccc(Cl)o1)C1CC2CCC(C1)N2. The summed E-state index contributed by atoms with van der Waals surface area (Å²) in [5.41, 5.74) is 0. The third-order valence-corrected chi connectivity index (χ3v) is 4.48. The van der Waals surface area contributed by atoms with Gasteiger partial charge in [0.25, 0.3) is 5.91 Å². The number of fused-ring (bicyclic) bond motifs is 2. The number of hydrogen-bond acceptors (Lipinski definition) is 3. The van der Waals surface area contributed by atoms with E-state index in [1.54, 1.807) is 12.1 Å². The van der Waals surface area contributed by atoms with Gasteiger partial charge in [-0.25, -0.2) is 0 Å². The van der Waals surface area contributed by atoms with Crippen LogP contribution >= 0.6 is 11.6 Å². The molecule has 104 valence electrons. The molecule has 2 bridgehead atoms. The standard InChI is InChI=1S/C14H19ClN2O2/c1-2-17(14(18)12-5-6-13(15)19-12)11-7-9-3-4-10(8-11)16-9/h5-6,9-11,16H,2-4,7-8H2,1H3. The molecule has 1 amide bonds. The summed E-state index contributed by atoms with van der Waals surface area (Å²) in [7, 11) is 0. The normalized spacial score (nSPS) is 29.5. The van der Waals surface area contributed by atoms with Gasteiger partial charge in [0.1, 0.15) is 0 Å². The maximum absolute atomic E-state index is 12.5. The van der Waals surface area contributed by atoms with Crippen LogP contribution in [0.2, 0.25) is 5.22 Å². The molecule has 2 unspecified atom stereocenters. The lowest BCUT2D eigenvalue weighted by Crippen LogP contribution is -2.50. The second kappa shape index (κ2) is 5.17. The lowest BCUT2D eigenvalue weighted by molar-refractivity contribution is 0.0599. The highest BCUT2D eigenvalue weighted by molar-refractivity contribution is 6.29. The van der Waals surface area contributed by atoms with Crippen LogP contribution in [0, 0.1) is 0 Å². The number of furan rings is 1. The summed E-state index contributed by atoms with van der Waals surface area (Å²) in [4.78, 5) is 14.4. The summed E-state index contributed by atoms with van der Waals surface area (Å²) in [6.45, 7) is 2.73. The van der Waals surface area contributed by atoms with E-state index in [1.807, 2.05) is 11.8 Å². The molecule has 0 aromatic carbocycles. The lowest BCUT2D eigenvalue weighted by atomic mass is 9.98. The molecule has 1 N–H and O–H groups in total. The molecule has 0 saturated carbocycles. The smallest absolute Gasteiger partial charge is 0.289 e. The Morgan fingerprint density at radius 1 is 1.42 bits per heavy atom. The Labute approximate surface area is 118 Å². The first kappa shape index (κ1) is 13.0. The van der Waals surface area contributed by atoms with Gasteiger partial charge >= 0.3 is 0 Å². The summed E-state index contributed by atoms with van der Waals surface area (Å²) in [6.07, 6.45) is 4.56. The highest BCUT2D eigenvalue weighted by Crippen LogP contribution is 2.30. The summed E-state index contributed by atoms with van der Waals surface area (Å²) < 4.78 is 5.25. The second-order valence-electron chi connectivity index (χ2n) is 5.46. The van der Waals surface area contributed by atoms with Crippen molar-refractivity contribution >= 4 is 17.5 Å². The molecule has 5 heteroatoms. The fraction of sp³-hybridized carbons (Fsp3) is 0.643. The Morgan fingerprint density at radius 2 is 2.11 bits per heavy atom.